The average Bonchev–Trinajstić information content (AvgIpc) is 2.96. The number of para-hydroxylation sites is 1. The van der Waals surface area contributed by atoms with Gasteiger partial charge in [0, 0.05) is 18.4 Å². The van der Waals surface area contributed by atoms with E-state index in [4.69, 9.17) is 4.42 Å². The second-order valence-electron chi connectivity index (χ2n) is 5.95. The lowest BCUT2D eigenvalue weighted by Gasteiger charge is -2.05. The first-order chi connectivity index (χ1) is 12.3. The van der Waals surface area contributed by atoms with Gasteiger partial charge in [0.2, 0.25) is 5.58 Å². The molecule has 0 saturated carbocycles. The molecular formula is C19H18N2O4S. The molecule has 0 bridgehead atoms. The topological polar surface area (TPSA) is 87.1 Å². The van der Waals surface area contributed by atoms with Crippen molar-refractivity contribution in [3.63, 3.8) is 0 Å². The maximum absolute atomic E-state index is 10.4. The van der Waals surface area contributed by atoms with Gasteiger partial charge < -0.3 is 8.97 Å². The zero-order chi connectivity index (χ0) is 18.9. The molecule has 6 nitrogen and oxygen atoms in total. The minimum atomic E-state index is -4.27. The van der Waals surface area contributed by atoms with Crippen molar-refractivity contribution < 1.29 is 22.0 Å². The van der Waals surface area contributed by atoms with E-state index in [1.165, 1.54) is 23.0 Å². The second-order valence-corrected chi connectivity index (χ2v) is 7.33. The molecule has 0 spiro atoms. The fourth-order valence-electron chi connectivity index (χ4n) is 2.64. The fraction of sp³-hybridized carbons (Fsp3) is 0.158. The normalized spacial score (nSPS) is 11.4. The van der Waals surface area contributed by atoms with Crippen LogP contribution in [0.25, 0.3) is 22.1 Å². The van der Waals surface area contributed by atoms with E-state index in [0.29, 0.717) is 5.89 Å². The number of benzene rings is 2. The Bertz CT molecular complexity index is 1180. The number of hydrogen-bond donors (Lipinski definition) is 0. The first kappa shape index (κ1) is 18.0. The summed E-state index contributed by atoms with van der Waals surface area (Å²) in [6.45, 7) is 3.69. The lowest BCUT2D eigenvalue weighted by molar-refractivity contribution is -0.619. The van der Waals surface area contributed by atoms with Gasteiger partial charge in [-0.05, 0) is 30.1 Å². The number of pyridine rings is 1. The summed E-state index contributed by atoms with van der Waals surface area (Å²) in [5.74, 6) is 0.705. The highest BCUT2D eigenvalue weighted by molar-refractivity contribution is 7.85. The second kappa shape index (κ2) is 6.86. The molecule has 0 aliphatic heterocycles. The molecule has 0 radical (unpaired) electrons. The van der Waals surface area contributed by atoms with Crippen LogP contribution in [-0.4, -0.2) is 18.0 Å². The number of oxazole rings is 1. The van der Waals surface area contributed by atoms with Crippen molar-refractivity contribution in [3.8, 4) is 0 Å². The van der Waals surface area contributed by atoms with Gasteiger partial charge in [-0.1, -0.05) is 35.9 Å². The van der Waals surface area contributed by atoms with Crippen LogP contribution in [0.3, 0.4) is 0 Å². The molecule has 0 amide bonds. The molecule has 4 aromatic rings. The summed E-state index contributed by atoms with van der Waals surface area (Å²) in [4.78, 5) is 4.18. The van der Waals surface area contributed by atoms with Crippen LogP contribution in [0.1, 0.15) is 11.5 Å². The third kappa shape index (κ3) is 3.74. The van der Waals surface area contributed by atoms with E-state index in [9.17, 15) is 13.0 Å². The third-order valence-corrected chi connectivity index (χ3v) is 4.80. The predicted octanol–water partition coefficient (Wildman–Crippen LogP) is 3.01. The zero-order valence-corrected chi connectivity index (χ0v) is 15.4. The highest BCUT2D eigenvalue weighted by Gasteiger charge is 2.16. The van der Waals surface area contributed by atoms with Gasteiger partial charge in [0.15, 0.2) is 0 Å². The summed E-state index contributed by atoms with van der Waals surface area (Å²) in [5, 5.41) is 1.17. The van der Waals surface area contributed by atoms with Gasteiger partial charge in [0.1, 0.15) is 15.6 Å². The number of aryl methyl sites for hydroxylation is 3. The van der Waals surface area contributed by atoms with Crippen molar-refractivity contribution in [2.24, 2.45) is 7.05 Å². The van der Waals surface area contributed by atoms with Crippen LogP contribution in [0, 0.1) is 13.8 Å². The van der Waals surface area contributed by atoms with Gasteiger partial charge in [0.05, 0.1) is 11.9 Å². The molecule has 0 atom stereocenters. The number of aromatic nitrogens is 2. The minimum Gasteiger partial charge on any atom is -0.744 e. The first-order valence-electron chi connectivity index (χ1n) is 7.93. The van der Waals surface area contributed by atoms with Crippen molar-refractivity contribution in [1.82, 2.24) is 4.98 Å². The molecule has 2 aromatic carbocycles. The molecule has 0 unspecified atom stereocenters. The highest BCUT2D eigenvalue weighted by atomic mass is 32.2. The summed E-state index contributed by atoms with van der Waals surface area (Å²) in [7, 11) is -2.26. The van der Waals surface area contributed by atoms with Crippen LogP contribution in [0.5, 0.6) is 0 Å². The molecule has 2 heterocycles. The Balaban J connectivity index is 0.000000160. The van der Waals surface area contributed by atoms with Crippen LogP contribution < -0.4 is 4.57 Å². The van der Waals surface area contributed by atoms with Crippen molar-refractivity contribution in [1.29, 1.82) is 0 Å². The monoisotopic (exact) mass is 370 g/mol. The Morgan fingerprint density at radius 1 is 1.04 bits per heavy atom. The first-order valence-corrected chi connectivity index (χ1v) is 9.34. The Kier molecular flexibility index (Phi) is 4.76. The van der Waals surface area contributed by atoms with Gasteiger partial charge in [0.25, 0.3) is 0 Å². The standard InChI is InChI=1S/C12H11N2O.C7H8O3S/c1-8-13-12-11(15-8)7-9-5-3-4-6-10(9)14(12)2;1-6-2-4-7(5-3-6)11(8,9)10/h3-7H,1-2H3;2-5H,1H3,(H,8,9,10)/q+1;/p-1. The van der Waals surface area contributed by atoms with Crippen LogP contribution in [0.2, 0.25) is 0 Å². The summed E-state index contributed by atoms with van der Waals surface area (Å²) in [6, 6.07) is 16.0. The Morgan fingerprint density at radius 2 is 1.69 bits per heavy atom. The Morgan fingerprint density at radius 3 is 2.35 bits per heavy atom. The van der Waals surface area contributed by atoms with Gasteiger partial charge in [-0.2, -0.15) is 0 Å². The van der Waals surface area contributed by atoms with Gasteiger partial charge >= 0.3 is 11.5 Å². The predicted molar refractivity (Wildman–Crippen MR) is 96.6 cm³/mol. The van der Waals surface area contributed by atoms with Crippen LogP contribution >= 0.6 is 0 Å². The maximum Gasteiger partial charge on any atom is 0.370 e. The van der Waals surface area contributed by atoms with E-state index < -0.39 is 10.1 Å². The van der Waals surface area contributed by atoms with Crippen molar-refractivity contribution >= 4 is 32.3 Å². The van der Waals surface area contributed by atoms with Gasteiger partial charge in [-0.3, -0.25) is 0 Å². The molecular weight excluding hydrogens is 352 g/mol. The number of nitrogens with zero attached hydrogens (tertiary/aromatic N) is 2. The molecule has 0 aliphatic rings. The van der Waals surface area contributed by atoms with E-state index in [0.717, 1.165) is 16.8 Å². The van der Waals surface area contributed by atoms with Crippen LogP contribution in [0.4, 0.5) is 0 Å². The molecule has 134 valence electrons. The lowest BCUT2D eigenvalue weighted by Crippen LogP contribution is -2.30. The Labute approximate surface area is 151 Å². The zero-order valence-electron chi connectivity index (χ0n) is 14.6. The summed E-state index contributed by atoms with van der Waals surface area (Å²) < 4.78 is 38.7. The van der Waals surface area contributed by atoms with Gasteiger partial charge in [-0.15, -0.1) is 0 Å². The molecule has 26 heavy (non-hydrogen) atoms. The molecule has 0 aliphatic carbocycles. The van der Waals surface area contributed by atoms with Crippen LogP contribution in [0.15, 0.2) is 63.9 Å². The van der Waals surface area contributed by atoms with Crippen LogP contribution in [-0.2, 0) is 17.2 Å². The van der Waals surface area contributed by atoms with E-state index in [1.54, 1.807) is 12.1 Å². The van der Waals surface area contributed by atoms with E-state index >= 15 is 0 Å². The van der Waals surface area contributed by atoms with E-state index in [-0.39, 0.29) is 4.90 Å². The number of hydrogen-bond acceptors (Lipinski definition) is 5. The summed E-state index contributed by atoms with van der Waals surface area (Å²) in [5.41, 5.74) is 3.83. The largest absolute Gasteiger partial charge is 0.744 e. The molecule has 0 fully saturated rings. The molecule has 0 N–H and O–H groups in total. The number of rotatable bonds is 1. The average molecular weight is 370 g/mol. The van der Waals surface area contributed by atoms with Gasteiger partial charge in [-0.25, -0.2) is 13.0 Å². The quantitative estimate of drug-likeness (QED) is 0.380. The molecule has 7 heteroatoms. The van der Waals surface area contributed by atoms with Crippen molar-refractivity contribution in [3.05, 3.63) is 66.1 Å². The summed E-state index contributed by atoms with van der Waals surface area (Å²) in [6.07, 6.45) is 0. The SMILES string of the molecule is Cc1ccc(S(=O)(=O)[O-])cc1.Cc1nc2c(cc3ccccc3[n+]2C)o1. The highest BCUT2D eigenvalue weighted by Crippen LogP contribution is 2.17. The van der Waals surface area contributed by atoms with E-state index in [1.807, 2.05) is 39.1 Å². The fourth-order valence-corrected chi connectivity index (χ4v) is 3.11. The molecule has 0 saturated heterocycles. The lowest BCUT2D eigenvalue weighted by atomic mass is 10.2. The molecule has 2 aromatic heterocycles. The summed E-state index contributed by atoms with van der Waals surface area (Å²) >= 11 is 0. The minimum absolute atomic E-state index is 0.178. The Hall–Kier alpha value is -2.77. The smallest absolute Gasteiger partial charge is 0.370 e. The number of fused-ring (bicyclic) bond motifs is 2. The molecule has 4 rings (SSSR count). The van der Waals surface area contributed by atoms with Crippen molar-refractivity contribution in [2.45, 2.75) is 18.7 Å². The van der Waals surface area contributed by atoms with Crippen molar-refractivity contribution in [2.75, 3.05) is 0 Å². The van der Waals surface area contributed by atoms with E-state index in [2.05, 4.69) is 21.7 Å². The maximum atomic E-state index is 10.4. The third-order valence-electron chi connectivity index (χ3n) is 3.95.